The Bertz CT molecular complexity index is 461. The van der Waals surface area contributed by atoms with Crippen molar-refractivity contribution in [2.75, 3.05) is 0 Å². The van der Waals surface area contributed by atoms with Gasteiger partial charge in [0, 0.05) is 5.92 Å². The number of hydrogen-bond acceptors (Lipinski definition) is 1. The molecule has 0 N–H and O–H groups in total. The number of carbonyl (C=O) groups excluding carboxylic acids is 1. The molecule has 132 valence electrons. The molecular formula is C21H35ClO. The molecule has 0 aromatic carbocycles. The topological polar surface area (TPSA) is 17.1 Å². The zero-order valence-corrected chi connectivity index (χ0v) is 16.5. The van der Waals surface area contributed by atoms with Gasteiger partial charge in [0.1, 0.15) is 0 Å². The molecule has 23 heavy (non-hydrogen) atoms. The Balaban J connectivity index is 1.98. The van der Waals surface area contributed by atoms with Gasteiger partial charge in [-0.3, -0.25) is 4.79 Å². The Morgan fingerprint density at radius 2 is 1.26 bits per heavy atom. The molecule has 3 aliphatic carbocycles. The lowest BCUT2D eigenvalue weighted by Crippen LogP contribution is -2.55. The number of rotatable bonds is 1. The number of halogens is 1. The van der Waals surface area contributed by atoms with Crippen LogP contribution in [0.15, 0.2) is 0 Å². The largest absolute Gasteiger partial charge is 0.281 e. The van der Waals surface area contributed by atoms with E-state index < -0.39 is 0 Å². The number of hydrogen-bond donors (Lipinski definition) is 0. The summed E-state index contributed by atoms with van der Waals surface area (Å²) < 4.78 is 0. The first-order valence-corrected chi connectivity index (χ1v) is 10.3. The van der Waals surface area contributed by atoms with Crippen LogP contribution in [0, 0.1) is 65.1 Å². The Labute approximate surface area is 147 Å². The van der Waals surface area contributed by atoms with Gasteiger partial charge >= 0.3 is 0 Å². The molecule has 2 heteroatoms. The van der Waals surface area contributed by atoms with Crippen LogP contribution < -0.4 is 0 Å². The van der Waals surface area contributed by atoms with Crippen LogP contribution in [-0.4, -0.2) is 5.24 Å². The van der Waals surface area contributed by atoms with Crippen molar-refractivity contribution in [1.29, 1.82) is 0 Å². The average molecular weight is 339 g/mol. The fraction of sp³-hybridized carbons (Fsp3) is 0.952. The molecule has 0 amide bonds. The van der Waals surface area contributed by atoms with Gasteiger partial charge < -0.3 is 0 Å². The quantitative estimate of drug-likeness (QED) is 0.547. The molecule has 0 radical (unpaired) electrons. The van der Waals surface area contributed by atoms with Gasteiger partial charge in [-0.15, -0.1) is 0 Å². The van der Waals surface area contributed by atoms with E-state index >= 15 is 0 Å². The van der Waals surface area contributed by atoms with Crippen LogP contribution in [0.1, 0.15) is 60.8 Å². The maximum absolute atomic E-state index is 12.2. The summed E-state index contributed by atoms with van der Waals surface area (Å²) in [5, 5.41) is -0.0497. The highest BCUT2D eigenvalue weighted by Gasteiger charge is 2.55. The molecule has 0 aliphatic heterocycles. The molecule has 0 spiro atoms. The summed E-state index contributed by atoms with van der Waals surface area (Å²) in [6.45, 7) is 14.6. The molecule has 3 saturated carbocycles. The van der Waals surface area contributed by atoms with E-state index in [0.717, 1.165) is 47.8 Å². The molecule has 11 atom stereocenters. The predicted octanol–water partition coefficient (Wildman–Crippen LogP) is 5.86. The van der Waals surface area contributed by atoms with E-state index in [0.29, 0.717) is 17.8 Å². The Morgan fingerprint density at radius 3 is 1.83 bits per heavy atom. The van der Waals surface area contributed by atoms with Crippen molar-refractivity contribution in [3.63, 3.8) is 0 Å². The normalized spacial score (nSPS) is 56.6. The lowest BCUT2D eigenvalue weighted by molar-refractivity contribution is -0.139. The van der Waals surface area contributed by atoms with Gasteiger partial charge in [-0.25, -0.2) is 0 Å². The molecule has 1 nitrogen and oxygen atoms in total. The first-order valence-electron chi connectivity index (χ1n) is 9.93. The molecule has 3 fully saturated rings. The van der Waals surface area contributed by atoms with Crippen LogP contribution in [0.2, 0.25) is 0 Å². The smallest absolute Gasteiger partial charge is 0.225 e. The summed E-state index contributed by atoms with van der Waals surface area (Å²) in [4.78, 5) is 12.2. The van der Waals surface area contributed by atoms with Gasteiger partial charge in [0.15, 0.2) is 0 Å². The summed E-state index contributed by atoms with van der Waals surface area (Å²) >= 11 is 6.10. The van der Waals surface area contributed by atoms with E-state index in [1.54, 1.807) is 0 Å². The molecular weight excluding hydrogens is 304 g/mol. The second-order valence-corrected chi connectivity index (χ2v) is 9.96. The third-order valence-corrected chi connectivity index (χ3v) is 9.12. The third-order valence-electron chi connectivity index (χ3n) is 8.83. The summed E-state index contributed by atoms with van der Waals surface area (Å²) in [6.07, 6.45) is 3.57. The van der Waals surface area contributed by atoms with E-state index in [2.05, 4.69) is 41.5 Å². The lowest BCUT2D eigenvalue weighted by Gasteiger charge is -2.59. The zero-order chi connectivity index (χ0) is 17.0. The van der Waals surface area contributed by atoms with E-state index in [1.165, 1.54) is 12.8 Å². The predicted molar refractivity (Wildman–Crippen MR) is 97.1 cm³/mol. The highest BCUT2D eigenvalue weighted by Crippen LogP contribution is 2.60. The van der Waals surface area contributed by atoms with Gasteiger partial charge in [-0.2, -0.15) is 0 Å². The van der Waals surface area contributed by atoms with Crippen molar-refractivity contribution in [2.24, 2.45) is 65.1 Å². The minimum Gasteiger partial charge on any atom is -0.281 e. The van der Waals surface area contributed by atoms with Crippen molar-refractivity contribution >= 4 is 16.8 Å². The Morgan fingerprint density at radius 1 is 0.739 bits per heavy atom. The fourth-order valence-corrected chi connectivity index (χ4v) is 7.21. The molecule has 11 unspecified atom stereocenters. The molecule has 0 aromatic rings. The van der Waals surface area contributed by atoms with Crippen LogP contribution in [-0.2, 0) is 4.79 Å². The van der Waals surface area contributed by atoms with E-state index in [1.807, 2.05) is 0 Å². The maximum atomic E-state index is 12.2. The van der Waals surface area contributed by atoms with Crippen molar-refractivity contribution in [1.82, 2.24) is 0 Å². The van der Waals surface area contributed by atoms with Crippen molar-refractivity contribution in [3.8, 4) is 0 Å². The van der Waals surface area contributed by atoms with Crippen LogP contribution in [0.3, 0.4) is 0 Å². The van der Waals surface area contributed by atoms with Crippen LogP contribution in [0.5, 0.6) is 0 Å². The minimum absolute atomic E-state index is 0.0497. The average Bonchev–Trinajstić information content (AvgIpc) is 2.49. The molecule has 0 aromatic heterocycles. The highest BCUT2D eigenvalue weighted by molar-refractivity contribution is 6.64. The van der Waals surface area contributed by atoms with E-state index in [9.17, 15) is 4.79 Å². The van der Waals surface area contributed by atoms with Gasteiger partial charge in [0.2, 0.25) is 5.24 Å². The molecule has 3 aliphatic rings. The van der Waals surface area contributed by atoms with Crippen LogP contribution in [0.25, 0.3) is 0 Å². The van der Waals surface area contributed by atoms with Gasteiger partial charge in [-0.1, -0.05) is 41.5 Å². The standard InChI is InChI=1S/C21H35ClO/c1-10-7-16-9-18(21(22)23)17-8-11(2)13(4)15(6)20(17)19(16)14(5)12(10)3/h10-20H,7-9H2,1-6H3. The van der Waals surface area contributed by atoms with Crippen LogP contribution in [0.4, 0.5) is 0 Å². The van der Waals surface area contributed by atoms with E-state index in [-0.39, 0.29) is 11.2 Å². The zero-order valence-electron chi connectivity index (χ0n) is 15.8. The minimum atomic E-state index is -0.0497. The second-order valence-electron chi connectivity index (χ2n) is 9.59. The molecule has 3 rings (SSSR count). The summed E-state index contributed by atoms with van der Waals surface area (Å²) in [7, 11) is 0. The van der Waals surface area contributed by atoms with Crippen molar-refractivity contribution < 1.29 is 4.79 Å². The second kappa shape index (κ2) is 6.36. The lowest BCUT2D eigenvalue weighted by atomic mass is 9.45. The molecule has 0 bridgehead atoms. The molecule has 0 saturated heterocycles. The fourth-order valence-electron chi connectivity index (χ4n) is 6.96. The summed E-state index contributed by atoms with van der Waals surface area (Å²) in [5.74, 6) is 7.46. The summed E-state index contributed by atoms with van der Waals surface area (Å²) in [6, 6.07) is 0. The maximum Gasteiger partial charge on any atom is 0.225 e. The SMILES string of the molecule is CC1CC2CC(C(=O)Cl)C3CC(C)C(C)C(C)C3C2C(C)C1C. The van der Waals surface area contributed by atoms with Gasteiger partial charge in [-0.05, 0) is 90.0 Å². The Hall–Kier alpha value is -0.0400. The van der Waals surface area contributed by atoms with Crippen molar-refractivity contribution in [2.45, 2.75) is 60.8 Å². The third kappa shape index (κ3) is 2.79. The first kappa shape index (κ1) is 17.8. The molecule has 0 heterocycles. The van der Waals surface area contributed by atoms with Gasteiger partial charge in [0.25, 0.3) is 0 Å². The Kier molecular flexibility index (Phi) is 4.91. The van der Waals surface area contributed by atoms with Gasteiger partial charge in [0.05, 0.1) is 0 Å². The van der Waals surface area contributed by atoms with Crippen LogP contribution >= 0.6 is 11.6 Å². The monoisotopic (exact) mass is 338 g/mol. The number of carbonyl (C=O) groups is 1. The van der Waals surface area contributed by atoms with E-state index in [4.69, 9.17) is 11.6 Å². The first-order chi connectivity index (χ1) is 10.7. The van der Waals surface area contributed by atoms with Crippen molar-refractivity contribution in [3.05, 3.63) is 0 Å². The summed E-state index contributed by atoms with van der Waals surface area (Å²) in [5.41, 5.74) is 0. The number of fused-ring (bicyclic) bond motifs is 3. The highest BCUT2D eigenvalue weighted by atomic mass is 35.5.